The summed E-state index contributed by atoms with van der Waals surface area (Å²) in [5.41, 5.74) is 3.62. The number of rotatable bonds is 5. The summed E-state index contributed by atoms with van der Waals surface area (Å²) < 4.78 is 0. The van der Waals surface area contributed by atoms with E-state index in [1.807, 2.05) is 49.4 Å². The van der Waals surface area contributed by atoms with Gasteiger partial charge in [-0.15, -0.1) is 11.8 Å². The van der Waals surface area contributed by atoms with Gasteiger partial charge in [-0.3, -0.25) is 4.79 Å². The van der Waals surface area contributed by atoms with Gasteiger partial charge in [0.1, 0.15) is 0 Å². The molecule has 2 aromatic rings. The van der Waals surface area contributed by atoms with Crippen molar-refractivity contribution >= 4 is 23.4 Å². The minimum Gasteiger partial charge on any atom is -0.325 e. The van der Waals surface area contributed by atoms with Crippen LogP contribution in [0.3, 0.4) is 0 Å². The molecule has 0 aromatic heterocycles. The van der Waals surface area contributed by atoms with E-state index in [1.165, 1.54) is 11.8 Å². The largest absolute Gasteiger partial charge is 0.325 e. The number of nitriles is 1. The van der Waals surface area contributed by atoms with Crippen molar-refractivity contribution in [3.8, 4) is 6.07 Å². The van der Waals surface area contributed by atoms with Gasteiger partial charge in [0.25, 0.3) is 0 Å². The topological polar surface area (TPSA) is 52.9 Å². The maximum absolute atomic E-state index is 11.9. The molecule has 0 saturated heterocycles. The molecule has 2 aromatic carbocycles. The van der Waals surface area contributed by atoms with Gasteiger partial charge in [0.05, 0.1) is 17.4 Å². The van der Waals surface area contributed by atoms with Crippen LogP contribution in [0.25, 0.3) is 0 Å². The van der Waals surface area contributed by atoms with Gasteiger partial charge in [-0.25, -0.2) is 0 Å². The molecule has 0 radical (unpaired) electrons. The van der Waals surface area contributed by atoms with Crippen molar-refractivity contribution in [1.82, 2.24) is 0 Å². The second-order valence-electron chi connectivity index (χ2n) is 4.67. The van der Waals surface area contributed by atoms with E-state index in [-0.39, 0.29) is 5.91 Å². The second kappa shape index (κ2) is 7.51. The number of nitrogens with one attached hydrogen (secondary N) is 1. The quantitative estimate of drug-likeness (QED) is 0.914. The molecule has 0 bridgehead atoms. The molecule has 0 aliphatic heterocycles. The van der Waals surface area contributed by atoms with Crippen LogP contribution < -0.4 is 5.32 Å². The third-order valence-corrected chi connectivity index (χ3v) is 3.98. The van der Waals surface area contributed by atoms with E-state index in [4.69, 9.17) is 5.26 Å². The minimum atomic E-state index is -0.00858. The first kappa shape index (κ1) is 15.1. The van der Waals surface area contributed by atoms with Crippen LogP contribution in [-0.2, 0) is 10.5 Å². The van der Waals surface area contributed by atoms with Crippen LogP contribution in [-0.4, -0.2) is 11.7 Å². The fourth-order valence-corrected chi connectivity index (χ4v) is 2.67. The molecule has 0 atom stereocenters. The van der Waals surface area contributed by atoms with E-state index < -0.39 is 0 Å². The van der Waals surface area contributed by atoms with E-state index >= 15 is 0 Å². The number of benzene rings is 2. The zero-order valence-corrected chi connectivity index (χ0v) is 12.6. The number of nitrogens with zero attached hydrogens (tertiary/aromatic N) is 1. The van der Waals surface area contributed by atoms with Crippen molar-refractivity contribution in [3.05, 3.63) is 65.2 Å². The van der Waals surface area contributed by atoms with Gasteiger partial charge in [0.15, 0.2) is 0 Å². The van der Waals surface area contributed by atoms with Gasteiger partial charge >= 0.3 is 0 Å². The molecule has 0 fully saturated rings. The van der Waals surface area contributed by atoms with Crippen LogP contribution in [0.2, 0.25) is 0 Å². The first-order valence-corrected chi connectivity index (χ1v) is 7.77. The Morgan fingerprint density at radius 3 is 2.81 bits per heavy atom. The maximum Gasteiger partial charge on any atom is 0.234 e. The van der Waals surface area contributed by atoms with Crippen LogP contribution in [0, 0.1) is 18.3 Å². The normalized spacial score (nSPS) is 9.90. The molecule has 3 nitrogen and oxygen atoms in total. The SMILES string of the molecule is Cc1ccccc1NC(=O)CSCc1cccc(C#N)c1. The highest BCUT2D eigenvalue weighted by Gasteiger charge is 2.05. The molecule has 0 spiro atoms. The third-order valence-electron chi connectivity index (χ3n) is 2.98. The highest BCUT2D eigenvalue weighted by molar-refractivity contribution is 7.99. The summed E-state index contributed by atoms with van der Waals surface area (Å²) in [5, 5.41) is 11.8. The zero-order valence-electron chi connectivity index (χ0n) is 11.8. The zero-order chi connectivity index (χ0) is 15.1. The van der Waals surface area contributed by atoms with Crippen LogP contribution in [0.15, 0.2) is 48.5 Å². The van der Waals surface area contributed by atoms with Crippen LogP contribution in [0.4, 0.5) is 5.69 Å². The molecule has 0 aliphatic carbocycles. The molecule has 21 heavy (non-hydrogen) atoms. The fraction of sp³-hybridized carbons (Fsp3) is 0.176. The Bertz CT molecular complexity index is 676. The van der Waals surface area contributed by atoms with E-state index in [2.05, 4.69) is 11.4 Å². The Kier molecular flexibility index (Phi) is 5.42. The average molecular weight is 296 g/mol. The highest BCUT2D eigenvalue weighted by Crippen LogP contribution is 2.16. The number of amides is 1. The van der Waals surface area contributed by atoms with Gasteiger partial charge in [-0.05, 0) is 36.2 Å². The molecule has 0 aliphatic rings. The number of thioether (sulfide) groups is 1. The van der Waals surface area contributed by atoms with Gasteiger partial charge in [0.2, 0.25) is 5.91 Å². The molecule has 0 saturated carbocycles. The standard InChI is InChI=1S/C17H16N2OS/c1-13-5-2-3-8-16(13)19-17(20)12-21-11-15-7-4-6-14(9-15)10-18/h2-9H,11-12H2,1H3,(H,19,20). The van der Waals surface area contributed by atoms with Crippen molar-refractivity contribution in [3.63, 3.8) is 0 Å². The van der Waals surface area contributed by atoms with Crippen molar-refractivity contribution < 1.29 is 4.79 Å². The predicted molar refractivity (Wildman–Crippen MR) is 87.1 cm³/mol. The monoisotopic (exact) mass is 296 g/mol. The lowest BCUT2D eigenvalue weighted by Crippen LogP contribution is -2.14. The Morgan fingerprint density at radius 2 is 2.05 bits per heavy atom. The van der Waals surface area contributed by atoms with Crippen molar-refractivity contribution in [1.29, 1.82) is 5.26 Å². The summed E-state index contributed by atoms with van der Waals surface area (Å²) >= 11 is 1.54. The number of anilines is 1. The Morgan fingerprint density at radius 1 is 1.24 bits per heavy atom. The predicted octanol–water partition coefficient (Wildman–Crippen LogP) is 3.74. The van der Waals surface area contributed by atoms with Gasteiger partial charge in [-0.2, -0.15) is 5.26 Å². The molecule has 1 amide bonds. The summed E-state index contributed by atoms with van der Waals surface area (Å²) in [6.45, 7) is 1.97. The van der Waals surface area contributed by atoms with Crippen molar-refractivity contribution in [2.75, 3.05) is 11.1 Å². The molecule has 2 rings (SSSR count). The third kappa shape index (κ3) is 4.66. The molecule has 106 valence electrons. The molecule has 1 N–H and O–H groups in total. The minimum absolute atomic E-state index is 0.00858. The number of carbonyl (C=O) groups is 1. The lowest BCUT2D eigenvalue weighted by molar-refractivity contribution is -0.113. The van der Waals surface area contributed by atoms with Crippen LogP contribution >= 0.6 is 11.8 Å². The van der Waals surface area contributed by atoms with Gasteiger partial charge in [0, 0.05) is 11.4 Å². The smallest absolute Gasteiger partial charge is 0.234 e. The first-order chi connectivity index (χ1) is 10.2. The van der Waals surface area contributed by atoms with Crippen molar-refractivity contribution in [2.24, 2.45) is 0 Å². The first-order valence-electron chi connectivity index (χ1n) is 6.61. The maximum atomic E-state index is 11.9. The number of para-hydroxylation sites is 1. The summed E-state index contributed by atoms with van der Waals surface area (Å²) in [6.07, 6.45) is 0. The average Bonchev–Trinajstić information content (AvgIpc) is 2.50. The van der Waals surface area contributed by atoms with E-state index in [0.717, 1.165) is 22.6 Å². The molecular formula is C17H16N2OS. The summed E-state index contributed by atoms with van der Waals surface area (Å²) in [6, 6.07) is 17.3. The number of carbonyl (C=O) groups excluding carboxylic acids is 1. The number of hydrogen-bond acceptors (Lipinski definition) is 3. The Balaban J connectivity index is 1.82. The summed E-state index contributed by atoms with van der Waals surface area (Å²) in [4.78, 5) is 11.9. The molecule has 0 heterocycles. The Labute approximate surface area is 129 Å². The molecule has 0 unspecified atom stereocenters. The fourth-order valence-electron chi connectivity index (χ4n) is 1.89. The van der Waals surface area contributed by atoms with Crippen LogP contribution in [0.5, 0.6) is 0 Å². The second-order valence-corrected chi connectivity index (χ2v) is 5.65. The van der Waals surface area contributed by atoms with Gasteiger partial charge < -0.3 is 5.32 Å². The Hall–Kier alpha value is -2.25. The van der Waals surface area contributed by atoms with E-state index in [0.29, 0.717) is 11.3 Å². The lowest BCUT2D eigenvalue weighted by Gasteiger charge is -2.08. The lowest BCUT2D eigenvalue weighted by atomic mass is 10.2. The summed E-state index contributed by atoms with van der Waals surface area (Å²) in [5.74, 6) is 1.10. The molecule has 4 heteroatoms. The highest BCUT2D eigenvalue weighted by atomic mass is 32.2. The summed E-state index contributed by atoms with van der Waals surface area (Å²) in [7, 11) is 0. The number of aryl methyl sites for hydroxylation is 1. The number of hydrogen-bond donors (Lipinski definition) is 1. The molecular weight excluding hydrogens is 280 g/mol. The van der Waals surface area contributed by atoms with Gasteiger partial charge in [-0.1, -0.05) is 30.3 Å². The van der Waals surface area contributed by atoms with Crippen LogP contribution in [0.1, 0.15) is 16.7 Å². The van der Waals surface area contributed by atoms with E-state index in [9.17, 15) is 4.79 Å². The van der Waals surface area contributed by atoms with Crippen molar-refractivity contribution in [2.45, 2.75) is 12.7 Å². The van der Waals surface area contributed by atoms with E-state index in [1.54, 1.807) is 6.07 Å².